The number of hydrogen-bond acceptors (Lipinski definition) is 4. The lowest BCUT2D eigenvalue weighted by Gasteiger charge is -2.24. The van der Waals surface area contributed by atoms with Crippen molar-refractivity contribution in [1.82, 2.24) is 20.2 Å². The number of halogens is 1. The molecule has 0 atom stereocenters. The molecular formula is C22H26ClN5O2. The Bertz CT molecular complexity index is 1050. The standard InChI is InChI=1S/C22H26ClN5O2/c1-3-12-28(22(30)24-11-13-27(2)17-7-5-4-6-8-17)15-20-25-19-14-16(23)9-10-18(19)21(29)26-20/h4-10,14H,3,11-13,15H2,1-2H3,(H,24,30)(H,25,26,29). The molecular weight excluding hydrogens is 402 g/mol. The van der Waals surface area contributed by atoms with E-state index in [0.29, 0.717) is 41.4 Å². The Morgan fingerprint density at radius 3 is 2.67 bits per heavy atom. The number of para-hydroxylation sites is 1. The third-order valence-corrected chi connectivity index (χ3v) is 4.99. The van der Waals surface area contributed by atoms with Crippen molar-refractivity contribution < 1.29 is 4.79 Å². The van der Waals surface area contributed by atoms with E-state index in [1.165, 1.54) is 0 Å². The van der Waals surface area contributed by atoms with Gasteiger partial charge in [0.25, 0.3) is 5.56 Å². The molecule has 0 bridgehead atoms. The number of amides is 2. The molecule has 0 aliphatic rings. The molecule has 30 heavy (non-hydrogen) atoms. The van der Waals surface area contributed by atoms with Gasteiger partial charge in [-0.2, -0.15) is 0 Å². The van der Waals surface area contributed by atoms with Crippen LogP contribution in [0.15, 0.2) is 53.3 Å². The summed E-state index contributed by atoms with van der Waals surface area (Å²) in [7, 11) is 1.99. The zero-order valence-corrected chi connectivity index (χ0v) is 17.9. The fourth-order valence-electron chi connectivity index (χ4n) is 3.19. The van der Waals surface area contributed by atoms with Gasteiger partial charge in [0.1, 0.15) is 5.82 Å². The Morgan fingerprint density at radius 2 is 1.93 bits per heavy atom. The summed E-state index contributed by atoms with van der Waals surface area (Å²) < 4.78 is 0. The van der Waals surface area contributed by atoms with Crippen LogP contribution in [-0.4, -0.2) is 47.6 Å². The Hall–Kier alpha value is -3.06. The molecule has 0 aliphatic heterocycles. The highest BCUT2D eigenvalue weighted by atomic mass is 35.5. The van der Waals surface area contributed by atoms with Crippen molar-refractivity contribution in [3.8, 4) is 0 Å². The van der Waals surface area contributed by atoms with Crippen LogP contribution in [-0.2, 0) is 6.54 Å². The number of benzene rings is 2. The number of rotatable bonds is 8. The van der Waals surface area contributed by atoms with Gasteiger partial charge in [0, 0.05) is 37.4 Å². The first-order chi connectivity index (χ1) is 14.5. The number of fused-ring (bicyclic) bond motifs is 1. The summed E-state index contributed by atoms with van der Waals surface area (Å²) in [4.78, 5) is 36.0. The quantitative estimate of drug-likeness (QED) is 0.575. The molecule has 3 aromatic rings. The van der Waals surface area contributed by atoms with Crippen molar-refractivity contribution in [3.05, 3.63) is 69.7 Å². The average Bonchev–Trinajstić information content (AvgIpc) is 2.73. The second kappa shape index (κ2) is 10.1. The molecule has 0 saturated heterocycles. The molecule has 158 valence electrons. The van der Waals surface area contributed by atoms with Gasteiger partial charge in [-0.3, -0.25) is 4.79 Å². The van der Waals surface area contributed by atoms with Gasteiger partial charge in [-0.25, -0.2) is 9.78 Å². The summed E-state index contributed by atoms with van der Waals surface area (Å²) in [6.07, 6.45) is 0.793. The first-order valence-electron chi connectivity index (χ1n) is 9.95. The van der Waals surface area contributed by atoms with Crippen molar-refractivity contribution in [2.75, 3.05) is 31.6 Å². The number of likely N-dealkylation sites (N-methyl/N-ethyl adjacent to an activating group) is 1. The molecule has 0 unspecified atom stereocenters. The molecule has 8 heteroatoms. The van der Waals surface area contributed by atoms with Crippen LogP contribution in [0.2, 0.25) is 5.02 Å². The van der Waals surface area contributed by atoms with Crippen molar-refractivity contribution in [3.63, 3.8) is 0 Å². The van der Waals surface area contributed by atoms with Gasteiger partial charge in [-0.1, -0.05) is 36.7 Å². The van der Waals surface area contributed by atoms with E-state index >= 15 is 0 Å². The van der Waals surface area contributed by atoms with E-state index < -0.39 is 0 Å². The number of nitrogens with one attached hydrogen (secondary N) is 2. The number of anilines is 1. The van der Waals surface area contributed by atoms with Crippen molar-refractivity contribution in [2.24, 2.45) is 0 Å². The molecule has 0 fully saturated rings. The third kappa shape index (κ3) is 5.51. The van der Waals surface area contributed by atoms with E-state index in [1.807, 2.05) is 44.3 Å². The molecule has 1 aromatic heterocycles. The van der Waals surface area contributed by atoms with Crippen LogP contribution in [0.5, 0.6) is 0 Å². The van der Waals surface area contributed by atoms with E-state index in [0.717, 1.165) is 12.1 Å². The largest absolute Gasteiger partial charge is 0.373 e. The Labute approximate surface area is 180 Å². The maximum atomic E-state index is 12.7. The number of hydrogen-bond donors (Lipinski definition) is 2. The lowest BCUT2D eigenvalue weighted by atomic mass is 10.2. The van der Waals surface area contributed by atoms with Crippen LogP contribution in [0.4, 0.5) is 10.5 Å². The normalized spacial score (nSPS) is 10.8. The van der Waals surface area contributed by atoms with Gasteiger partial charge >= 0.3 is 6.03 Å². The Morgan fingerprint density at radius 1 is 1.17 bits per heavy atom. The number of carbonyl (C=O) groups excluding carboxylic acids is 1. The van der Waals surface area contributed by atoms with E-state index in [9.17, 15) is 9.59 Å². The van der Waals surface area contributed by atoms with Crippen LogP contribution in [0.1, 0.15) is 19.2 Å². The summed E-state index contributed by atoms with van der Waals surface area (Å²) in [5.41, 5.74) is 1.37. The molecule has 7 nitrogen and oxygen atoms in total. The second-order valence-electron chi connectivity index (χ2n) is 7.08. The van der Waals surface area contributed by atoms with Gasteiger partial charge in [0.2, 0.25) is 0 Å². The molecule has 0 saturated carbocycles. The zero-order valence-electron chi connectivity index (χ0n) is 17.2. The van der Waals surface area contributed by atoms with Crippen LogP contribution >= 0.6 is 11.6 Å². The highest BCUT2D eigenvalue weighted by molar-refractivity contribution is 6.31. The minimum atomic E-state index is -0.243. The summed E-state index contributed by atoms with van der Waals surface area (Å²) in [5, 5.41) is 3.94. The first kappa shape index (κ1) is 21.6. The van der Waals surface area contributed by atoms with Gasteiger partial charge in [0.05, 0.1) is 17.4 Å². The first-order valence-corrected chi connectivity index (χ1v) is 10.3. The molecule has 0 aliphatic carbocycles. The average molecular weight is 428 g/mol. The number of urea groups is 1. The fourth-order valence-corrected chi connectivity index (χ4v) is 3.36. The van der Waals surface area contributed by atoms with Crippen LogP contribution in [0.25, 0.3) is 10.9 Å². The molecule has 3 rings (SSSR count). The lowest BCUT2D eigenvalue weighted by Crippen LogP contribution is -2.43. The van der Waals surface area contributed by atoms with Crippen LogP contribution in [0, 0.1) is 0 Å². The van der Waals surface area contributed by atoms with Gasteiger partial charge in [0.15, 0.2) is 0 Å². The molecule has 0 radical (unpaired) electrons. The lowest BCUT2D eigenvalue weighted by molar-refractivity contribution is 0.194. The van der Waals surface area contributed by atoms with Crippen molar-refractivity contribution in [2.45, 2.75) is 19.9 Å². The number of carbonyl (C=O) groups is 1. The molecule has 2 amide bonds. The molecule has 2 aromatic carbocycles. The summed E-state index contributed by atoms with van der Waals surface area (Å²) in [6, 6.07) is 14.8. The van der Waals surface area contributed by atoms with Gasteiger partial charge in [-0.15, -0.1) is 0 Å². The van der Waals surface area contributed by atoms with E-state index in [2.05, 4.69) is 20.2 Å². The number of H-pyrrole nitrogens is 1. The zero-order chi connectivity index (χ0) is 21.5. The monoisotopic (exact) mass is 427 g/mol. The highest BCUT2D eigenvalue weighted by Crippen LogP contribution is 2.15. The summed E-state index contributed by atoms with van der Waals surface area (Å²) >= 11 is 6.03. The summed E-state index contributed by atoms with van der Waals surface area (Å²) in [5.74, 6) is 0.430. The Kier molecular flexibility index (Phi) is 7.30. The number of aromatic amines is 1. The highest BCUT2D eigenvalue weighted by Gasteiger charge is 2.15. The van der Waals surface area contributed by atoms with Gasteiger partial charge in [-0.05, 0) is 36.8 Å². The molecule has 2 N–H and O–H groups in total. The number of aromatic nitrogens is 2. The van der Waals surface area contributed by atoms with E-state index in [4.69, 9.17) is 11.6 Å². The van der Waals surface area contributed by atoms with Crippen LogP contribution < -0.4 is 15.8 Å². The fraction of sp³-hybridized carbons (Fsp3) is 0.318. The SMILES string of the molecule is CCCN(Cc1nc2cc(Cl)ccc2c(=O)[nH]1)C(=O)NCCN(C)c1ccccc1. The minimum Gasteiger partial charge on any atom is -0.373 e. The maximum Gasteiger partial charge on any atom is 0.317 e. The third-order valence-electron chi connectivity index (χ3n) is 4.76. The van der Waals surface area contributed by atoms with E-state index in [-0.39, 0.29) is 18.1 Å². The summed E-state index contributed by atoms with van der Waals surface area (Å²) in [6.45, 7) is 3.95. The predicted molar refractivity (Wildman–Crippen MR) is 121 cm³/mol. The number of nitrogens with zero attached hydrogens (tertiary/aromatic N) is 3. The maximum absolute atomic E-state index is 12.7. The van der Waals surface area contributed by atoms with Crippen molar-refractivity contribution in [1.29, 1.82) is 0 Å². The van der Waals surface area contributed by atoms with Crippen LogP contribution in [0.3, 0.4) is 0 Å². The second-order valence-corrected chi connectivity index (χ2v) is 7.52. The van der Waals surface area contributed by atoms with Gasteiger partial charge < -0.3 is 20.1 Å². The predicted octanol–water partition coefficient (Wildman–Crippen LogP) is 3.63. The van der Waals surface area contributed by atoms with Crippen molar-refractivity contribution >= 4 is 34.2 Å². The minimum absolute atomic E-state index is 0.188. The smallest absolute Gasteiger partial charge is 0.317 e. The molecule has 0 spiro atoms. The van der Waals surface area contributed by atoms with E-state index in [1.54, 1.807) is 23.1 Å². The topological polar surface area (TPSA) is 81.3 Å². The Balaban J connectivity index is 1.64. The molecule has 1 heterocycles.